The summed E-state index contributed by atoms with van der Waals surface area (Å²) in [5.41, 5.74) is -0.633. The summed E-state index contributed by atoms with van der Waals surface area (Å²) in [6.45, 7) is 0. The fraction of sp³-hybridized carbons (Fsp3) is 0.154. The number of pyridine rings is 1. The molecule has 1 aromatic heterocycles. The molecule has 0 N–H and O–H groups in total. The molecule has 22 heavy (non-hydrogen) atoms. The average Bonchev–Trinajstić information content (AvgIpc) is 2.36. The number of nitrogens with zero attached hydrogens (tertiary/aromatic N) is 1. The number of rotatable bonds is 4. The molecule has 0 bridgehead atoms. The maximum Gasteiger partial charge on any atom is 0.255 e. The van der Waals surface area contributed by atoms with Crippen molar-refractivity contribution in [2.45, 2.75) is 5.88 Å². The van der Waals surface area contributed by atoms with Crippen molar-refractivity contribution < 1.29 is 21.9 Å². The van der Waals surface area contributed by atoms with Gasteiger partial charge in [0.25, 0.3) is 5.56 Å². The lowest BCUT2D eigenvalue weighted by molar-refractivity contribution is 0.433. The molecule has 1 aromatic carbocycles. The Morgan fingerprint density at radius 1 is 1.23 bits per heavy atom. The van der Waals surface area contributed by atoms with E-state index in [1.165, 1.54) is 6.20 Å². The summed E-state index contributed by atoms with van der Waals surface area (Å²) in [6.07, 6.45) is 2.21. The minimum atomic E-state index is -3.40. The van der Waals surface area contributed by atoms with Crippen LogP contribution in [0.15, 0.2) is 39.7 Å². The highest BCUT2D eigenvalue weighted by atomic mass is 79.9. The van der Waals surface area contributed by atoms with Crippen molar-refractivity contribution in [2.75, 3.05) is 6.26 Å². The first-order valence-electron chi connectivity index (χ1n) is 5.86. The van der Waals surface area contributed by atoms with Gasteiger partial charge in [0.1, 0.15) is 17.4 Å². The molecular formula is C13H10BrF2NO4S. The van der Waals surface area contributed by atoms with Crippen LogP contribution in [0.25, 0.3) is 0 Å². The third-order valence-corrected chi connectivity index (χ3v) is 3.87. The average molecular weight is 394 g/mol. The van der Waals surface area contributed by atoms with Crippen molar-refractivity contribution in [1.82, 2.24) is 4.57 Å². The lowest BCUT2D eigenvalue weighted by atomic mass is 10.3. The predicted molar refractivity (Wildman–Crippen MR) is 79.7 cm³/mol. The molecule has 2 rings (SSSR count). The van der Waals surface area contributed by atoms with E-state index in [4.69, 9.17) is 4.74 Å². The molecule has 0 aliphatic rings. The van der Waals surface area contributed by atoms with Gasteiger partial charge in [-0.2, -0.15) is 0 Å². The van der Waals surface area contributed by atoms with Crippen molar-refractivity contribution in [2.24, 2.45) is 0 Å². The van der Waals surface area contributed by atoms with Crippen LogP contribution in [0.4, 0.5) is 8.78 Å². The van der Waals surface area contributed by atoms with E-state index in [1.807, 2.05) is 0 Å². The van der Waals surface area contributed by atoms with E-state index >= 15 is 0 Å². The number of hydrogen-bond acceptors (Lipinski definition) is 4. The largest absolute Gasteiger partial charge is 0.453 e. The molecule has 5 nitrogen and oxygen atoms in total. The van der Waals surface area contributed by atoms with Crippen LogP contribution in [0.2, 0.25) is 0 Å². The van der Waals surface area contributed by atoms with Gasteiger partial charge in [-0.05, 0) is 28.1 Å². The van der Waals surface area contributed by atoms with Gasteiger partial charge in [0.2, 0.25) is 0 Å². The Balaban J connectivity index is 2.37. The zero-order chi connectivity index (χ0) is 16.5. The van der Waals surface area contributed by atoms with Crippen molar-refractivity contribution >= 4 is 25.8 Å². The maximum absolute atomic E-state index is 13.5. The van der Waals surface area contributed by atoms with E-state index in [2.05, 4.69) is 15.9 Å². The monoisotopic (exact) mass is 393 g/mol. The zero-order valence-electron chi connectivity index (χ0n) is 11.2. The topological polar surface area (TPSA) is 65.4 Å². The number of benzene rings is 1. The third kappa shape index (κ3) is 4.14. The van der Waals surface area contributed by atoms with Crippen LogP contribution in [0, 0.1) is 11.6 Å². The van der Waals surface area contributed by atoms with Crippen LogP contribution in [-0.2, 0) is 15.7 Å². The van der Waals surface area contributed by atoms with Crippen LogP contribution in [0.1, 0.15) is 0 Å². The van der Waals surface area contributed by atoms with Gasteiger partial charge in [0, 0.05) is 24.6 Å². The summed E-state index contributed by atoms with van der Waals surface area (Å²) in [4.78, 5) is 11.8. The van der Waals surface area contributed by atoms with Crippen molar-refractivity contribution in [3.8, 4) is 11.5 Å². The van der Waals surface area contributed by atoms with Gasteiger partial charge in [0.15, 0.2) is 21.4 Å². The predicted octanol–water partition coefficient (Wildman–Crippen LogP) is 2.68. The fourth-order valence-corrected chi connectivity index (χ4v) is 2.79. The Labute approximate surface area is 133 Å². The first-order chi connectivity index (χ1) is 10.2. The molecule has 9 heteroatoms. The number of hydrogen-bond donors (Lipinski definition) is 0. The second kappa shape index (κ2) is 6.17. The van der Waals surface area contributed by atoms with Gasteiger partial charge in [-0.3, -0.25) is 9.36 Å². The standard InChI is InChI=1S/C13H10BrF2NO4S/c1-22(19,20)7-17-6-9(14)12(5-13(17)18)21-11-3-2-8(15)4-10(11)16/h2-6H,7H2,1H3. The first-order valence-corrected chi connectivity index (χ1v) is 8.72. The number of ether oxygens (including phenoxy) is 1. The van der Waals surface area contributed by atoms with Gasteiger partial charge < -0.3 is 4.74 Å². The van der Waals surface area contributed by atoms with Crippen molar-refractivity contribution in [1.29, 1.82) is 0 Å². The van der Waals surface area contributed by atoms with E-state index in [0.29, 0.717) is 6.07 Å². The van der Waals surface area contributed by atoms with E-state index in [9.17, 15) is 22.0 Å². The van der Waals surface area contributed by atoms with Gasteiger partial charge in [-0.1, -0.05) is 0 Å². The molecule has 0 amide bonds. The Morgan fingerprint density at radius 3 is 2.50 bits per heavy atom. The molecule has 0 aliphatic heterocycles. The molecule has 118 valence electrons. The summed E-state index contributed by atoms with van der Waals surface area (Å²) in [6, 6.07) is 3.75. The highest BCUT2D eigenvalue weighted by Crippen LogP contribution is 2.29. The minimum absolute atomic E-state index is 0.0136. The van der Waals surface area contributed by atoms with Crippen LogP contribution < -0.4 is 10.3 Å². The normalized spacial score (nSPS) is 11.5. The third-order valence-electron chi connectivity index (χ3n) is 2.53. The first kappa shape index (κ1) is 16.6. The van der Waals surface area contributed by atoms with Crippen LogP contribution in [-0.4, -0.2) is 19.2 Å². The quantitative estimate of drug-likeness (QED) is 0.800. The molecule has 0 radical (unpaired) electrons. The summed E-state index contributed by atoms with van der Waals surface area (Å²) < 4.78 is 55.2. The number of halogens is 3. The molecule has 0 saturated heterocycles. The van der Waals surface area contributed by atoms with E-state index in [1.54, 1.807) is 0 Å². The smallest absolute Gasteiger partial charge is 0.255 e. The van der Waals surface area contributed by atoms with E-state index in [0.717, 1.165) is 29.0 Å². The zero-order valence-corrected chi connectivity index (χ0v) is 13.6. The molecule has 0 unspecified atom stereocenters. The highest BCUT2D eigenvalue weighted by molar-refractivity contribution is 9.10. The Kier molecular flexibility index (Phi) is 4.66. The summed E-state index contributed by atoms with van der Waals surface area (Å²) in [5.74, 6) is -2.45. The summed E-state index contributed by atoms with van der Waals surface area (Å²) in [5, 5.41) is 0. The lowest BCUT2D eigenvalue weighted by Crippen LogP contribution is -2.22. The Hall–Kier alpha value is -1.74. The van der Waals surface area contributed by atoms with E-state index < -0.39 is 32.9 Å². The molecule has 0 aliphatic carbocycles. The SMILES string of the molecule is CS(=O)(=O)Cn1cc(Br)c(Oc2ccc(F)cc2F)cc1=O. The molecule has 1 heterocycles. The second-order valence-electron chi connectivity index (χ2n) is 4.53. The second-order valence-corrected chi connectivity index (χ2v) is 7.49. The summed E-state index contributed by atoms with van der Waals surface area (Å²) in [7, 11) is -3.40. The molecule has 0 fully saturated rings. The molecule has 0 spiro atoms. The van der Waals surface area contributed by atoms with E-state index in [-0.39, 0.29) is 16.0 Å². The summed E-state index contributed by atoms with van der Waals surface area (Å²) >= 11 is 3.11. The van der Waals surface area contributed by atoms with Gasteiger partial charge in [-0.25, -0.2) is 17.2 Å². The lowest BCUT2D eigenvalue weighted by Gasteiger charge is -2.11. The molecule has 0 saturated carbocycles. The Morgan fingerprint density at radius 2 is 1.91 bits per heavy atom. The highest BCUT2D eigenvalue weighted by Gasteiger charge is 2.13. The molecule has 2 aromatic rings. The van der Waals surface area contributed by atoms with Gasteiger partial charge in [-0.15, -0.1) is 0 Å². The van der Waals surface area contributed by atoms with Crippen LogP contribution >= 0.6 is 15.9 Å². The van der Waals surface area contributed by atoms with Crippen molar-refractivity contribution in [3.05, 3.63) is 56.9 Å². The van der Waals surface area contributed by atoms with Crippen molar-refractivity contribution in [3.63, 3.8) is 0 Å². The number of aromatic nitrogens is 1. The van der Waals surface area contributed by atoms with Gasteiger partial charge in [0.05, 0.1) is 4.47 Å². The molecular weight excluding hydrogens is 384 g/mol. The van der Waals surface area contributed by atoms with Crippen LogP contribution in [0.3, 0.4) is 0 Å². The van der Waals surface area contributed by atoms with Crippen LogP contribution in [0.5, 0.6) is 11.5 Å². The van der Waals surface area contributed by atoms with Gasteiger partial charge >= 0.3 is 0 Å². The molecule has 0 atom stereocenters. The maximum atomic E-state index is 13.5. The number of sulfone groups is 1. The Bertz CT molecular complexity index is 880. The fourth-order valence-electron chi connectivity index (χ4n) is 1.64. The minimum Gasteiger partial charge on any atom is -0.453 e.